The first kappa shape index (κ1) is 28.2. The highest BCUT2D eigenvalue weighted by Crippen LogP contribution is 2.41. The van der Waals surface area contributed by atoms with E-state index in [9.17, 15) is 13.6 Å². The van der Waals surface area contributed by atoms with Gasteiger partial charge in [0.2, 0.25) is 0 Å². The van der Waals surface area contributed by atoms with Crippen molar-refractivity contribution in [1.29, 1.82) is 0 Å². The number of benzene rings is 1. The summed E-state index contributed by atoms with van der Waals surface area (Å²) in [5, 5.41) is 8.97. The number of hydrogen-bond acceptors (Lipinski definition) is 5. The average molecular weight is 483 g/mol. The molecule has 1 aromatic carbocycles. The topological polar surface area (TPSA) is 65.0 Å². The van der Waals surface area contributed by atoms with E-state index in [2.05, 4.69) is 13.5 Å². The van der Waals surface area contributed by atoms with Crippen LogP contribution in [0.4, 0.5) is 8.78 Å². The van der Waals surface area contributed by atoms with Gasteiger partial charge in [0.15, 0.2) is 0 Å². The Balaban J connectivity index is 1.81. The predicted molar refractivity (Wildman–Crippen MR) is 128 cm³/mol. The van der Waals surface area contributed by atoms with Crippen LogP contribution < -0.4 is 4.74 Å². The molecule has 1 fully saturated rings. The zero-order valence-electron chi connectivity index (χ0n) is 20.6. The Bertz CT molecular complexity index is 742. The number of rotatable bonds is 15. The van der Waals surface area contributed by atoms with Crippen LogP contribution in [0.1, 0.15) is 63.9 Å². The van der Waals surface area contributed by atoms with Crippen LogP contribution in [0.15, 0.2) is 36.4 Å². The van der Waals surface area contributed by atoms with E-state index < -0.39 is 24.6 Å². The lowest BCUT2D eigenvalue weighted by molar-refractivity contribution is -0.223. The predicted octanol–water partition coefficient (Wildman–Crippen LogP) is 5.94. The van der Waals surface area contributed by atoms with E-state index in [1.165, 1.54) is 0 Å². The van der Waals surface area contributed by atoms with Gasteiger partial charge in [-0.3, -0.25) is 0 Å². The number of esters is 1. The molecule has 1 N–H and O–H groups in total. The summed E-state index contributed by atoms with van der Waals surface area (Å²) in [4.78, 5) is 11.7. The Labute approximate surface area is 202 Å². The number of alkyl halides is 2. The third-order valence-corrected chi connectivity index (χ3v) is 6.57. The summed E-state index contributed by atoms with van der Waals surface area (Å²) in [5.74, 6) is -1.01. The summed E-state index contributed by atoms with van der Waals surface area (Å²) in [5.41, 5.74) is 1.15. The van der Waals surface area contributed by atoms with E-state index >= 15 is 0 Å². The molecule has 0 amide bonds. The van der Waals surface area contributed by atoms with E-state index in [4.69, 9.17) is 19.3 Å². The van der Waals surface area contributed by atoms with Crippen molar-refractivity contribution >= 4 is 5.97 Å². The first-order valence-electron chi connectivity index (χ1n) is 12.4. The maximum absolute atomic E-state index is 14.8. The largest absolute Gasteiger partial charge is 0.462 e. The fraction of sp³-hybridized carbons (Fsp3) is 0.667. The Morgan fingerprint density at radius 2 is 1.82 bits per heavy atom. The number of aliphatic hydroxyl groups is 1. The van der Waals surface area contributed by atoms with Gasteiger partial charge in [-0.05, 0) is 68.6 Å². The van der Waals surface area contributed by atoms with Crippen molar-refractivity contribution in [2.75, 3.05) is 26.9 Å². The molecule has 192 valence electrons. The van der Waals surface area contributed by atoms with Gasteiger partial charge in [-0.2, -0.15) is 8.78 Å². The fourth-order valence-electron chi connectivity index (χ4n) is 4.53. The molecular formula is C27H40F2O5. The Morgan fingerprint density at radius 3 is 2.41 bits per heavy atom. The minimum atomic E-state index is -3.21. The minimum absolute atomic E-state index is 0.00467. The van der Waals surface area contributed by atoms with Crippen molar-refractivity contribution in [3.05, 3.63) is 42.0 Å². The van der Waals surface area contributed by atoms with Crippen LogP contribution >= 0.6 is 0 Å². The second-order valence-electron chi connectivity index (χ2n) is 9.40. The van der Waals surface area contributed by atoms with Gasteiger partial charge < -0.3 is 19.3 Å². The number of aryl methyl sites for hydroxylation is 1. The van der Waals surface area contributed by atoms with Gasteiger partial charge in [0.1, 0.15) is 5.75 Å². The molecule has 0 bridgehead atoms. The SMILES string of the molecule is C=C(CO)C(=O)OCC(COC)CC1CCC(C(F)(F)Oc2ccc(CCCCC)cc2)CC1. The van der Waals surface area contributed by atoms with E-state index in [-0.39, 0.29) is 29.8 Å². The van der Waals surface area contributed by atoms with Crippen LogP contribution in [0.25, 0.3) is 0 Å². The van der Waals surface area contributed by atoms with E-state index in [1.54, 1.807) is 19.2 Å². The number of aliphatic hydroxyl groups excluding tert-OH is 1. The average Bonchev–Trinajstić information content (AvgIpc) is 2.83. The van der Waals surface area contributed by atoms with Crippen LogP contribution in [-0.2, 0) is 20.7 Å². The van der Waals surface area contributed by atoms with Crippen molar-refractivity contribution in [3.8, 4) is 5.75 Å². The third-order valence-electron chi connectivity index (χ3n) is 6.57. The number of methoxy groups -OCH3 is 1. The molecule has 7 heteroatoms. The molecule has 0 spiro atoms. The van der Waals surface area contributed by atoms with Gasteiger partial charge in [0, 0.05) is 13.0 Å². The summed E-state index contributed by atoms with van der Waals surface area (Å²) in [6, 6.07) is 7.03. The molecular weight excluding hydrogens is 442 g/mol. The van der Waals surface area contributed by atoms with Crippen molar-refractivity contribution < 1.29 is 32.9 Å². The highest BCUT2D eigenvalue weighted by molar-refractivity contribution is 5.87. The minimum Gasteiger partial charge on any atom is -0.462 e. The number of carbonyl (C=O) groups excluding carboxylic acids is 1. The maximum atomic E-state index is 14.8. The molecule has 0 saturated heterocycles. The summed E-state index contributed by atoms with van der Waals surface area (Å²) in [7, 11) is 1.58. The molecule has 1 saturated carbocycles. The van der Waals surface area contributed by atoms with E-state index in [0.717, 1.165) is 37.7 Å². The molecule has 0 aliphatic heterocycles. The highest BCUT2D eigenvalue weighted by atomic mass is 19.3. The van der Waals surface area contributed by atoms with Gasteiger partial charge in [0.25, 0.3) is 0 Å². The lowest BCUT2D eigenvalue weighted by atomic mass is 9.77. The molecule has 0 aromatic heterocycles. The zero-order chi connectivity index (χ0) is 25.0. The third kappa shape index (κ3) is 9.34. The fourth-order valence-corrected chi connectivity index (χ4v) is 4.53. The van der Waals surface area contributed by atoms with E-state index in [1.807, 2.05) is 12.1 Å². The summed E-state index contributed by atoms with van der Waals surface area (Å²) in [6.45, 7) is 5.72. The molecule has 1 aliphatic rings. The van der Waals surface area contributed by atoms with Crippen LogP contribution in [0.2, 0.25) is 0 Å². The first-order chi connectivity index (χ1) is 16.3. The molecule has 0 radical (unpaired) electrons. The molecule has 1 unspecified atom stereocenters. The number of unbranched alkanes of at least 4 members (excludes halogenated alkanes) is 2. The van der Waals surface area contributed by atoms with Gasteiger partial charge in [-0.15, -0.1) is 0 Å². The summed E-state index contributed by atoms with van der Waals surface area (Å²) >= 11 is 0. The normalized spacial score (nSPS) is 19.4. The molecule has 1 aromatic rings. The van der Waals surface area contributed by atoms with Crippen molar-refractivity contribution in [1.82, 2.24) is 0 Å². The van der Waals surface area contributed by atoms with Crippen LogP contribution in [0.5, 0.6) is 5.75 Å². The van der Waals surface area contributed by atoms with Crippen molar-refractivity contribution in [2.45, 2.75) is 70.8 Å². The van der Waals surface area contributed by atoms with Crippen LogP contribution in [0.3, 0.4) is 0 Å². The smallest absolute Gasteiger partial charge is 0.400 e. The quantitative estimate of drug-likeness (QED) is 0.190. The molecule has 5 nitrogen and oxygen atoms in total. The molecule has 1 atom stereocenters. The standard InChI is InChI=1S/C27H40F2O5/c1-4-5-6-7-21-10-14-25(15-11-21)34-27(28,29)24-12-8-22(9-13-24)16-23(18-32-3)19-33-26(31)20(2)17-30/h10-11,14-15,22-24,30H,2,4-9,12-13,16-19H2,1,3H3. The van der Waals surface area contributed by atoms with Crippen molar-refractivity contribution in [3.63, 3.8) is 0 Å². The summed E-state index contributed by atoms with van der Waals surface area (Å²) in [6.07, 6.45) is 3.98. The Hall–Kier alpha value is -1.99. The number of ether oxygens (including phenoxy) is 3. The molecule has 1 aliphatic carbocycles. The molecule has 34 heavy (non-hydrogen) atoms. The van der Waals surface area contributed by atoms with Crippen LogP contribution in [0, 0.1) is 17.8 Å². The summed E-state index contributed by atoms with van der Waals surface area (Å²) < 4.78 is 45.3. The second-order valence-corrected chi connectivity index (χ2v) is 9.40. The van der Waals surface area contributed by atoms with E-state index in [0.29, 0.717) is 32.3 Å². The Kier molecular flexibility index (Phi) is 12.0. The monoisotopic (exact) mass is 482 g/mol. The number of carbonyl (C=O) groups is 1. The molecule has 0 heterocycles. The van der Waals surface area contributed by atoms with Crippen molar-refractivity contribution in [2.24, 2.45) is 17.8 Å². The zero-order valence-corrected chi connectivity index (χ0v) is 20.6. The van der Waals surface area contributed by atoms with Gasteiger partial charge >= 0.3 is 12.1 Å². The first-order valence-corrected chi connectivity index (χ1v) is 12.4. The lowest BCUT2D eigenvalue weighted by Crippen LogP contribution is -2.37. The second kappa shape index (κ2) is 14.4. The maximum Gasteiger partial charge on any atom is 0.400 e. The Morgan fingerprint density at radius 1 is 1.15 bits per heavy atom. The highest BCUT2D eigenvalue weighted by Gasteiger charge is 2.44. The number of hydrogen-bond donors (Lipinski definition) is 1. The van der Waals surface area contributed by atoms with Gasteiger partial charge in [-0.1, -0.05) is 38.5 Å². The molecule has 2 rings (SSSR count). The lowest BCUT2D eigenvalue weighted by Gasteiger charge is -2.34. The van der Waals surface area contributed by atoms with Crippen LogP contribution in [-0.4, -0.2) is 44.1 Å². The van der Waals surface area contributed by atoms with Gasteiger partial charge in [-0.25, -0.2) is 4.79 Å². The number of halogens is 2. The van der Waals surface area contributed by atoms with Gasteiger partial charge in [0.05, 0.1) is 31.3 Å².